The van der Waals surface area contributed by atoms with Gasteiger partial charge in [0.2, 0.25) is 0 Å². The predicted molar refractivity (Wildman–Crippen MR) is 68.8 cm³/mol. The SMILES string of the molecule is C=C(C)COCCNCc1ccccc1Cl. The molecule has 16 heavy (non-hydrogen) atoms. The molecule has 0 saturated heterocycles. The van der Waals surface area contributed by atoms with Gasteiger partial charge in [0.1, 0.15) is 0 Å². The van der Waals surface area contributed by atoms with Gasteiger partial charge in [0, 0.05) is 18.1 Å². The van der Waals surface area contributed by atoms with Crippen molar-refractivity contribution in [2.45, 2.75) is 13.5 Å². The topological polar surface area (TPSA) is 21.3 Å². The number of halogens is 1. The zero-order chi connectivity index (χ0) is 11.8. The smallest absolute Gasteiger partial charge is 0.0672 e. The van der Waals surface area contributed by atoms with Crippen molar-refractivity contribution in [3.05, 3.63) is 47.0 Å². The highest BCUT2D eigenvalue weighted by molar-refractivity contribution is 6.31. The molecule has 0 aliphatic heterocycles. The second-order valence-electron chi connectivity index (χ2n) is 3.78. The van der Waals surface area contributed by atoms with Gasteiger partial charge in [-0.1, -0.05) is 42.0 Å². The van der Waals surface area contributed by atoms with Crippen molar-refractivity contribution in [2.75, 3.05) is 19.8 Å². The van der Waals surface area contributed by atoms with E-state index in [0.29, 0.717) is 13.2 Å². The van der Waals surface area contributed by atoms with Crippen molar-refractivity contribution < 1.29 is 4.74 Å². The van der Waals surface area contributed by atoms with E-state index in [4.69, 9.17) is 16.3 Å². The van der Waals surface area contributed by atoms with Crippen LogP contribution in [0.4, 0.5) is 0 Å². The minimum atomic E-state index is 0.633. The first-order chi connectivity index (χ1) is 7.70. The van der Waals surface area contributed by atoms with Gasteiger partial charge < -0.3 is 10.1 Å². The van der Waals surface area contributed by atoms with E-state index >= 15 is 0 Å². The molecule has 1 N–H and O–H groups in total. The molecule has 2 nitrogen and oxygen atoms in total. The molecular weight excluding hydrogens is 222 g/mol. The normalized spacial score (nSPS) is 10.4. The molecule has 1 aromatic carbocycles. The Hall–Kier alpha value is -0.830. The first-order valence-corrected chi connectivity index (χ1v) is 5.74. The third-order valence-electron chi connectivity index (χ3n) is 2.04. The summed E-state index contributed by atoms with van der Waals surface area (Å²) in [6, 6.07) is 7.84. The maximum absolute atomic E-state index is 6.02. The average Bonchev–Trinajstić information content (AvgIpc) is 2.25. The van der Waals surface area contributed by atoms with Gasteiger partial charge in [-0.3, -0.25) is 0 Å². The number of hydrogen-bond donors (Lipinski definition) is 1. The molecular formula is C13H18ClNO. The molecule has 0 unspecified atom stereocenters. The third-order valence-corrected chi connectivity index (χ3v) is 2.41. The average molecular weight is 240 g/mol. The molecule has 0 aliphatic carbocycles. The number of nitrogens with one attached hydrogen (secondary N) is 1. The van der Waals surface area contributed by atoms with Crippen molar-refractivity contribution in [3.63, 3.8) is 0 Å². The molecule has 3 heteroatoms. The quantitative estimate of drug-likeness (QED) is 0.584. The van der Waals surface area contributed by atoms with Crippen molar-refractivity contribution in [2.24, 2.45) is 0 Å². The lowest BCUT2D eigenvalue weighted by molar-refractivity contribution is 0.158. The highest BCUT2D eigenvalue weighted by Gasteiger charge is 1.97. The zero-order valence-corrected chi connectivity index (χ0v) is 10.4. The van der Waals surface area contributed by atoms with E-state index in [1.807, 2.05) is 31.2 Å². The van der Waals surface area contributed by atoms with Gasteiger partial charge in [-0.25, -0.2) is 0 Å². The van der Waals surface area contributed by atoms with Gasteiger partial charge in [-0.15, -0.1) is 0 Å². The maximum Gasteiger partial charge on any atom is 0.0672 e. The molecule has 0 atom stereocenters. The van der Waals surface area contributed by atoms with E-state index in [9.17, 15) is 0 Å². The molecule has 88 valence electrons. The standard InChI is InChI=1S/C13H18ClNO/c1-11(2)10-16-8-7-15-9-12-5-3-4-6-13(12)14/h3-6,15H,1,7-10H2,2H3. The van der Waals surface area contributed by atoms with Crippen LogP contribution in [0.5, 0.6) is 0 Å². The Labute approximate surface area is 102 Å². The van der Waals surface area contributed by atoms with Gasteiger partial charge in [-0.2, -0.15) is 0 Å². The Bertz CT molecular complexity index is 338. The predicted octanol–water partition coefficient (Wildman–Crippen LogP) is 3.02. The summed E-state index contributed by atoms with van der Waals surface area (Å²) in [4.78, 5) is 0. The molecule has 0 amide bonds. The Balaban J connectivity index is 2.12. The molecule has 1 rings (SSSR count). The largest absolute Gasteiger partial charge is 0.376 e. The van der Waals surface area contributed by atoms with E-state index in [1.54, 1.807) is 0 Å². The van der Waals surface area contributed by atoms with Crippen LogP contribution in [0.3, 0.4) is 0 Å². The Kier molecular flexibility index (Phi) is 6.16. The van der Waals surface area contributed by atoms with Crippen LogP contribution in [-0.4, -0.2) is 19.8 Å². The van der Waals surface area contributed by atoms with Crippen LogP contribution < -0.4 is 5.32 Å². The van der Waals surface area contributed by atoms with Crippen LogP contribution in [0, 0.1) is 0 Å². The van der Waals surface area contributed by atoms with E-state index in [1.165, 1.54) is 0 Å². The maximum atomic E-state index is 6.02. The summed E-state index contributed by atoms with van der Waals surface area (Å²) >= 11 is 6.02. The lowest BCUT2D eigenvalue weighted by Gasteiger charge is -2.07. The fourth-order valence-corrected chi connectivity index (χ4v) is 1.46. The van der Waals surface area contributed by atoms with Crippen molar-refractivity contribution >= 4 is 11.6 Å². The van der Waals surface area contributed by atoms with Crippen LogP contribution >= 0.6 is 11.6 Å². The Morgan fingerprint density at radius 3 is 2.88 bits per heavy atom. The Morgan fingerprint density at radius 2 is 2.19 bits per heavy atom. The first-order valence-electron chi connectivity index (χ1n) is 5.36. The lowest BCUT2D eigenvalue weighted by Crippen LogP contribution is -2.19. The van der Waals surface area contributed by atoms with Crippen LogP contribution in [0.15, 0.2) is 36.4 Å². The minimum absolute atomic E-state index is 0.633. The lowest BCUT2D eigenvalue weighted by atomic mass is 10.2. The second kappa shape index (κ2) is 7.44. The molecule has 0 saturated carbocycles. The summed E-state index contributed by atoms with van der Waals surface area (Å²) in [7, 11) is 0. The highest BCUT2D eigenvalue weighted by Crippen LogP contribution is 2.13. The zero-order valence-electron chi connectivity index (χ0n) is 9.63. The molecule has 0 heterocycles. The monoisotopic (exact) mass is 239 g/mol. The third kappa shape index (κ3) is 5.31. The summed E-state index contributed by atoms with van der Waals surface area (Å²) in [6.45, 7) is 8.64. The van der Waals surface area contributed by atoms with Crippen molar-refractivity contribution in [1.82, 2.24) is 5.32 Å². The van der Waals surface area contributed by atoms with Gasteiger partial charge in [0.25, 0.3) is 0 Å². The molecule has 0 spiro atoms. The molecule has 1 aromatic rings. The molecule has 0 aromatic heterocycles. The van der Waals surface area contributed by atoms with Crippen LogP contribution in [0.1, 0.15) is 12.5 Å². The fraction of sp³-hybridized carbons (Fsp3) is 0.385. The van der Waals surface area contributed by atoms with Crippen molar-refractivity contribution in [3.8, 4) is 0 Å². The van der Waals surface area contributed by atoms with E-state index in [0.717, 1.165) is 29.2 Å². The molecule has 0 aliphatic rings. The molecule has 0 bridgehead atoms. The summed E-state index contributed by atoms with van der Waals surface area (Å²) in [6.07, 6.45) is 0. The minimum Gasteiger partial charge on any atom is -0.376 e. The van der Waals surface area contributed by atoms with E-state index in [2.05, 4.69) is 11.9 Å². The van der Waals surface area contributed by atoms with Gasteiger partial charge in [-0.05, 0) is 18.6 Å². The van der Waals surface area contributed by atoms with Gasteiger partial charge in [0.05, 0.1) is 13.2 Å². The molecule has 0 fully saturated rings. The van der Waals surface area contributed by atoms with Gasteiger partial charge >= 0.3 is 0 Å². The highest BCUT2D eigenvalue weighted by atomic mass is 35.5. The molecule has 0 radical (unpaired) electrons. The number of ether oxygens (including phenoxy) is 1. The number of benzene rings is 1. The van der Waals surface area contributed by atoms with Crippen LogP contribution in [0.25, 0.3) is 0 Å². The number of rotatable bonds is 7. The van der Waals surface area contributed by atoms with Gasteiger partial charge in [0.15, 0.2) is 0 Å². The van der Waals surface area contributed by atoms with Crippen LogP contribution in [-0.2, 0) is 11.3 Å². The summed E-state index contributed by atoms with van der Waals surface area (Å²) in [5.41, 5.74) is 2.16. The number of hydrogen-bond acceptors (Lipinski definition) is 2. The summed E-state index contributed by atoms with van der Waals surface area (Å²) in [5.74, 6) is 0. The Morgan fingerprint density at radius 1 is 1.44 bits per heavy atom. The van der Waals surface area contributed by atoms with E-state index in [-0.39, 0.29) is 0 Å². The fourth-order valence-electron chi connectivity index (χ4n) is 1.26. The van der Waals surface area contributed by atoms with Crippen LogP contribution in [0.2, 0.25) is 5.02 Å². The van der Waals surface area contributed by atoms with Crippen molar-refractivity contribution in [1.29, 1.82) is 0 Å². The first kappa shape index (κ1) is 13.2. The summed E-state index contributed by atoms with van der Waals surface area (Å²) in [5, 5.41) is 4.08. The second-order valence-corrected chi connectivity index (χ2v) is 4.19. The summed E-state index contributed by atoms with van der Waals surface area (Å²) < 4.78 is 5.37. The van der Waals surface area contributed by atoms with E-state index < -0.39 is 0 Å².